The Bertz CT molecular complexity index is 931. The van der Waals surface area contributed by atoms with Crippen molar-refractivity contribution in [3.05, 3.63) is 52.4 Å². The highest BCUT2D eigenvalue weighted by Gasteiger charge is 2.28. The van der Waals surface area contributed by atoms with Crippen LogP contribution < -0.4 is 20.3 Å². The van der Waals surface area contributed by atoms with Crippen LogP contribution in [-0.4, -0.2) is 41.6 Å². The molecule has 0 atom stereocenters. The molecule has 0 spiro atoms. The number of nitrogens with zero attached hydrogens (tertiary/aromatic N) is 1. The van der Waals surface area contributed by atoms with E-state index >= 15 is 0 Å². The molecule has 1 aromatic carbocycles. The van der Waals surface area contributed by atoms with Crippen LogP contribution in [0.2, 0.25) is 0 Å². The molecule has 8 heteroatoms. The first-order valence-corrected chi connectivity index (χ1v) is 8.79. The first-order valence-electron chi connectivity index (χ1n) is 8.79. The van der Waals surface area contributed by atoms with Crippen molar-refractivity contribution >= 4 is 17.5 Å². The summed E-state index contributed by atoms with van der Waals surface area (Å²) in [5, 5.41) is 2.90. The van der Waals surface area contributed by atoms with Gasteiger partial charge >= 0.3 is 0 Å². The lowest BCUT2D eigenvalue weighted by atomic mass is 9.95. The Balaban J connectivity index is 1.34. The summed E-state index contributed by atoms with van der Waals surface area (Å²) in [5.74, 6) is 0.858. The molecule has 3 heterocycles. The van der Waals surface area contributed by atoms with Crippen molar-refractivity contribution in [2.45, 2.75) is 12.8 Å². The zero-order valence-electron chi connectivity index (χ0n) is 14.6. The van der Waals surface area contributed by atoms with Crippen LogP contribution in [0, 0.1) is 5.92 Å². The van der Waals surface area contributed by atoms with E-state index in [4.69, 9.17) is 9.47 Å². The predicted octanol–water partition coefficient (Wildman–Crippen LogP) is 1.59. The average molecular weight is 369 g/mol. The van der Waals surface area contributed by atoms with E-state index in [1.807, 2.05) is 0 Å². The lowest BCUT2D eigenvalue weighted by molar-refractivity contribution is -0.121. The molecule has 1 aromatic heterocycles. The molecule has 2 aliphatic heterocycles. The quantitative estimate of drug-likeness (QED) is 0.856. The van der Waals surface area contributed by atoms with Crippen LogP contribution in [0.3, 0.4) is 0 Å². The van der Waals surface area contributed by atoms with Crippen molar-refractivity contribution in [1.82, 2.24) is 9.88 Å². The number of hydrogen-bond acceptors (Lipinski definition) is 5. The minimum atomic E-state index is -0.307. The Morgan fingerprint density at radius 2 is 1.85 bits per heavy atom. The van der Waals surface area contributed by atoms with Crippen LogP contribution in [-0.2, 0) is 4.79 Å². The smallest absolute Gasteiger partial charge is 0.254 e. The number of benzene rings is 1. The van der Waals surface area contributed by atoms with E-state index in [9.17, 15) is 14.4 Å². The predicted molar refractivity (Wildman–Crippen MR) is 96.9 cm³/mol. The number of ether oxygens (including phenoxy) is 2. The highest BCUT2D eigenvalue weighted by molar-refractivity contribution is 5.95. The van der Waals surface area contributed by atoms with Crippen LogP contribution in [0.15, 0.2) is 41.3 Å². The number of carbonyl (C=O) groups excluding carboxylic acids is 2. The van der Waals surface area contributed by atoms with Gasteiger partial charge in [-0.25, -0.2) is 0 Å². The second kappa shape index (κ2) is 7.14. The number of fused-ring (bicyclic) bond motifs is 1. The molecule has 0 aliphatic carbocycles. The van der Waals surface area contributed by atoms with Gasteiger partial charge in [0.05, 0.1) is 0 Å². The first kappa shape index (κ1) is 17.1. The van der Waals surface area contributed by atoms with Gasteiger partial charge in [0.25, 0.3) is 5.91 Å². The molecule has 0 unspecified atom stereocenters. The van der Waals surface area contributed by atoms with Gasteiger partial charge in [-0.1, -0.05) is 0 Å². The summed E-state index contributed by atoms with van der Waals surface area (Å²) in [6.07, 6.45) is 2.61. The monoisotopic (exact) mass is 369 g/mol. The highest BCUT2D eigenvalue weighted by Crippen LogP contribution is 2.34. The Hall–Kier alpha value is -3.29. The van der Waals surface area contributed by atoms with E-state index in [2.05, 4.69) is 10.3 Å². The molecule has 2 amide bonds. The zero-order valence-corrected chi connectivity index (χ0v) is 14.6. The summed E-state index contributed by atoms with van der Waals surface area (Å²) in [6, 6.07) is 8.16. The normalized spacial score (nSPS) is 16.2. The van der Waals surface area contributed by atoms with Crippen molar-refractivity contribution in [1.29, 1.82) is 0 Å². The lowest BCUT2D eigenvalue weighted by Crippen LogP contribution is -2.41. The number of likely N-dealkylation sites (tertiary alicyclic amines) is 1. The Morgan fingerprint density at radius 1 is 1.07 bits per heavy atom. The molecular weight excluding hydrogens is 350 g/mol. The molecule has 1 saturated heterocycles. The molecule has 2 aliphatic rings. The van der Waals surface area contributed by atoms with E-state index in [0.29, 0.717) is 48.7 Å². The minimum absolute atomic E-state index is 0.0721. The number of piperidine rings is 1. The van der Waals surface area contributed by atoms with Gasteiger partial charge in [0.2, 0.25) is 18.3 Å². The summed E-state index contributed by atoms with van der Waals surface area (Å²) in [6.45, 7) is 1.14. The Morgan fingerprint density at radius 3 is 2.63 bits per heavy atom. The number of pyridine rings is 1. The third-order valence-corrected chi connectivity index (χ3v) is 4.82. The second-order valence-electron chi connectivity index (χ2n) is 6.57. The van der Waals surface area contributed by atoms with Crippen LogP contribution in [0.5, 0.6) is 11.5 Å². The summed E-state index contributed by atoms with van der Waals surface area (Å²) < 4.78 is 10.6. The van der Waals surface area contributed by atoms with Crippen molar-refractivity contribution in [3.8, 4) is 11.5 Å². The maximum Gasteiger partial charge on any atom is 0.254 e. The van der Waals surface area contributed by atoms with Crippen molar-refractivity contribution in [2.24, 2.45) is 5.92 Å². The highest BCUT2D eigenvalue weighted by atomic mass is 16.7. The van der Waals surface area contributed by atoms with E-state index in [0.717, 1.165) is 0 Å². The molecule has 2 aromatic rings. The Labute approximate surface area is 155 Å². The molecule has 0 saturated carbocycles. The fourth-order valence-corrected chi connectivity index (χ4v) is 3.32. The number of nitrogens with one attached hydrogen (secondary N) is 2. The summed E-state index contributed by atoms with van der Waals surface area (Å²) in [4.78, 5) is 40.5. The number of aromatic nitrogens is 1. The lowest BCUT2D eigenvalue weighted by Gasteiger charge is -2.31. The third-order valence-electron chi connectivity index (χ3n) is 4.82. The average Bonchev–Trinajstić information content (AvgIpc) is 3.15. The van der Waals surface area contributed by atoms with Crippen molar-refractivity contribution in [3.63, 3.8) is 0 Å². The van der Waals surface area contributed by atoms with Crippen LogP contribution >= 0.6 is 0 Å². The molecule has 2 N–H and O–H groups in total. The Kier molecular flexibility index (Phi) is 4.53. The largest absolute Gasteiger partial charge is 0.454 e. The summed E-state index contributed by atoms with van der Waals surface area (Å²) in [5.41, 5.74) is 0.715. The molecule has 1 fully saturated rings. The number of anilines is 1. The number of aromatic amines is 1. The first-order chi connectivity index (χ1) is 13.1. The topological polar surface area (TPSA) is 101 Å². The van der Waals surface area contributed by atoms with Crippen molar-refractivity contribution < 1.29 is 19.1 Å². The summed E-state index contributed by atoms with van der Waals surface area (Å²) in [7, 11) is 0. The standard InChI is InChI=1S/C19H19N3O5/c23-17-9-13(3-6-20-17)19(25)22-7-4-12(5-8-22)18(24)21-14-1-2-15-16(10-14)27-11-26-15/h1-3,6,9-10,12H,4-5,7-8,11H2,(H,20,23)(H,21,24). The molecule has 0 bridgehead atoms. The number of rotatable bonds is 3. The second-order valence-corrected chi connectivity index (χ2v) is 6.57. The van der Waals surface area contributed by atoms with Gasteiger partial charge in [0.15, 0.2) is 11.5 Å². The molecular formula is C19H19N3O5. The molecule has 27 heavy (non-hydrogen) atoms. The van der Waals surface area contributed by atoms with E-state index in [1.54, 1.807) is 29.2 Å². The van der Waals surface area contributed by atoms with E-state index in [1.165, 1.54) is 12.3 Å². The van der Waals surface area contributed by atoms with Crippen molar-refractivity contribution in [2.75, 3.05) is 25.2 Å². The fraction of sp³-hybridized carbons (Fsp3) is 0.316. The molecule has 8 nitrogen and oxygen atoms in total. The van der Waals surface area contributed by atoms with Crippen LogP contribution in [0.4, 0.5) is 5.69 Å². The summed E-state index contributed by atoms with van der Waals surface area (Å²) >= 11 is 0. The molecule has 140 valence electrons. The number of hydrogen-bond donors (Lipinski definition) is 2. The van der Waals surface area contributed by atoms with Gasteiger partial charge in [-0.2, -0.15) is 0 Å². The minimum Gasteiger partial charge on any atom is -0.454 e. The molecule has 0 radical (unpaired) electrons. The molecule has 4 rings (SSSR count). The number of H-pyrrole nitrogens is 1. The maximum absolute atomic E-state index is 12.5. The van der Waals surface area contributed by atoms with Gasteiger partial charge in [-0.3, -0.25) is 14.4 Å². The van der Waals surface area contributed by atoms with Gasteiger partial charge < -0.3 is 24.7 Å². The fourth-order valence-electron chi connectivity index (χ4n) is 3.32. The van der Waals surface area contributed by atoms with Crippen LogP contribution in [0.1, 0.15) is 23.2 Å². The van der Waals surface area contributed by atoms with Gasteiger partial charge in [0, 0.05) is 48.6 Å². The van der Waals surface area contributed by atoms with E-state index in [-0.39, 0.29) is 30.1 Å². The maximum atomic E-state index is 12.5. The zero-order chi connectivity index (χ0) is 18.8. The van der Waals surface area contributed by atoms with Gasteiger partial charge in [-0.15, -0.1) is 0 Å². The van der Waals surface area contributed by atoms with Crippen LogP contribution in [0.25, 0.3) is 0 Å². The number of amides is 2. The van der Waals surface area contributed by atoms with E-state index < -0.39 is 0 Å². The number of carbonyl (C=O) groups is 2. The SMILES string of the molecule is O=C(Nc1ccc2c(c1)OCO2)C1CCN(C(=O)c2cc[nH]c(=O)c2)CC1. The van der Waals surface area contributed by atoms with Gasteiger partial charge in [-0.05, 0) is 31.0 Å². The third kappa shape index (κ3) is 3.64. The van der Waals surface area contributed by atoms with Gasteiger partial charge in [0.1, 0.15) is 0 Å².